The van der Waals surface area contributed by atoms with Gasteiger partial charge in [0.1, 0.15) is 10.7 Å². The number of hydrogen-bond donors (Lipinski definition) is 1. The Hall–Kier alpha value is -1.97. The third-order valence-electron chi connectivity index (χ3n) is 5.73. The molecule has 1 N–H and O–H groups in total. The molecular weight excluding hydrogens is 392 g/mol. The maximum atomic E-state index is 13.6. The first-order valence-electron chi connectivity index (χ1n) is 9.77. The van der Waals surface area contributed by atoms with Crippen molar-refractivity contribution < 1.29 is 17.9 Å². The molecule has 1 amide bonds. The number of hydrogen-bond acceptors (Lipinski definition) is 6. The molecule has 0 radical (unpaired) electrons. The minimum absolute atomic E-state index is 0.145. The molecule has 1 unspecified atom stereocenters. The van der Waals surface area contributed by atoms with Crippen molar-refractivity contribution in [3.63, 3.8) is 0 Å². The van der Waals surface area contributed by atoms with E-state index in [2.05, 4.69) is 21.8 Å². The van der Waals surface area contributed by atoms with Crippen LogP contribution in [-0.4, -0.2) is 67.0 Å². The lowest BCUT2D eigenvalue weighted by molar-refractivity contribution is -0.117. The number of aromatic nitrogens is 1. The molecule has 160 valence electrons. The molecule has 29 heavy (non-hydrogen) atoms. The standard InChI is InChI=1S/C20H30N4O4S/c1-6-18(25)22-16-13-19(2,3)24(20(16,4)5)29(26,27)15-7-8-17(21-14-15)23-9-11-28-12-10-23/h6-8,14,16H,1,9-13H2,2-5H3,(H,22,25). The van der Waals surface area contributed by atoms with Crippen LogP contribution in [0.3, 0.4) is 0 Å². The molecule has 0 saturated carbocycles. The van der Waals surface area contributed by atoms with Crippen LogP contribution in [0, 0.1) is 0 Å². The first-order valence-corrected chi connectivity index (χ1v) is 11.2. The number of anilines is 1. The highest BCUT2D eigenvalue weighted by molar-refractivity contribution is 7.89. The molecule has 2 aliphatic heterocycles. The molecule has 1 aromatic heterocycles. The summed E-state index contributed by atoms with van der Waals surface area (Å²) in [6, 6.07) is 3.01. The number of rotatable bonds is 5. The Kier molecular flexibility index (Phi) is 5.77. The van der Waals surface area contributed by atoms with Crippen LogP contribution in [0.15, 0.2) is 35.9 Å². The zero-order valence-corrected chi connectivity index (χ0v) is 18.3. The molecule has 0 aliphatic carbocycles. The number of pyridine rings is 1. The molecule has 0 aromatic carbocycles. The second kappa shape index (κ2) is 7.70. The molecule has 1 aromatic rings. The van der Waals surface area contributed by atoms with E-state index in [0.29, 0.717) is 19.6 Å². The van der Waals surface area contributed by atoms with E-state index >= 15 is 0 Å². The van der Waals surface area contributed by atoms with Crippen molar-refractivity contribution in [3.05, 3.63) is 31.0 Å². The van der Waals surface area contributed by atoms with Crippen molar-refractivity contribution in [1.82, 2.24) is 14.6 Å². The summed E-state index contributed by atoms with van der Waals surface area (Å²) in [6.07, 6.45) is 3.12. The van der Waals surface area contributed by atoms with Gasteiger partial charge in [-0.3, -0.25) is 4.79 Å². The Labute approximate surface area is 173 Å². The number of amides is 1. The zero-order chi connectivity index (χ0) is 21.4. The van der Waals surface area contributed by atoms with Gasteiger partial charge in [0, 0.05) is 30.9 Å². The number of carbonyl (C=O) groups excluding carboxylic acids is 1. The van der Waals surface area contributed by atoms with Gasteiger partial charge in [0.2, 0.25) is 15.9 Å². The molecule has 0 spiro atoms. The lowest BCUT2D eigenvalue weighted by atomic mass is 9.94. The molecule has 0 bridgehead atoms. The predicted octanol–water partition coefficient (Wildman–Crippen LogP) is 1.54. The number of sulfonamides is 1. The summed E-state index contributed by atoms with van der Waals surface area (Å²) in [6.45, 7) is 13.6. The van der Waals surface area contributed by atoms with Gasteiger partial charge < -0.3 is 15.0 Å². The summed E-state index contributed by atoms with van der Waals surface area (Å²) in [4.78, 5) is 18.5. The van der Waals surface area contributed by atoms with Gasteiger partial charge in [0.05, 0.1) is 18.8 Å². The maximum absolute atomic E-state index is 13.6. The normalized spacial score (nSPS) is 24.3. The Morgan fingerprint density at radius 1 is 1.28 bits per heavy atom. The van der Waals surface area contributed by atoms with E-state index in [1.54, 1.807) is 12.1 Å². The highest BCUT2D eigenvalue weighted by atomic mass is 32.2. The van der Waals surface area contributed by atoms with Crippen molar-refractivity contribution >= 4 is 21.7 Å². The molecule has 3 heterocycles. The van der Waals surface area contributed by atoms with Crippen LogP contribution >= 0.6 is 0 Å². The smallest absolute Gasteiger partial charge is 0.245 e. The fourth-order valence-corrected chi connectivity index (χ4v) is 6.57. The van der Waals surface area contributed by atoms with Crippen LogP contribution in [0.5, 0.6) is 0 Å². The second-order valence-corrected chi connectivity index (χ2v) is 10.4. The largest absolute Gasteiger partial charge is 0.378 e. The number of nitrogens with zero attached hydrogens (tertiary/aromatic N) is 3. The molecule has 3 rings (SSSR count). The molecular formula is C20H30N4O4S. The Bertz CT molecular complexity index is 874. The highest BCUT2D eigenvalue weighted by Gasteiger charge is 2.57. The van der Waals surface area contributed by atoms with Crippen LogP contribution in [0.25, 0.3) is 0 Å². The molecule has 9 heteroatoms. The van der Waals surface area contributed by atoms with Gasteiger partial charge in [0.25, 0.3) is 0 Å². The second-order valence-electron chi connectivity index (χ2n) is 8.66. The van der Waals surface area contributed by atoms with E-state index in [9.17, 15) is 13.2 Å². The fraction of sp³-hybridized carbons (Fsp3) is 0.600. The van der Waals surface area contributed by atoms with E-state index in [-0.39, 0.29) is 16.8 Å². The van der Waals surface area contributed by atoms with Crippen molar-refractivity contribution in [1.29, 1.82) is 0 Å². The van der Waals surface area contributed by atoms with Gasteiger partial charge in [-0.15, -0.1) is 0 Å². The van der Waals surface area contributed by atoms with E-state index in [0.717, 1.165) is 18.9 Å². The summed E-state index contributed by atoms with van der Waals surface area (Å²) in [5.74, 6) is 0.429. The zero-order valence-electron chi connectivity index (χ0n) is 17.5. The molecule has 2 saturated heterocycles. The molecule has 1 atom stereocenters. The maximum Gasteiger partial charge on any atom is 0.245 e. The van der Waals surface area contributed by atoms with E-state index < -0.39 is 21.1 Å². The summed E-state index contributed by atoms with van der Waals surface area (Å²) in [7, 11) is -3.83. The van der Waals surface area contributed by atoms with Gasteiger partial charge in [-0.2, -0.15) is 4.31 Å². The number of ether oxygens (including phenoxy) is 1. The number of carbonyl (C=O) groups is 1. The fourth-order valence-electron chi connectivity index (χ4n) is 4.46. The van der Waals surface area contributed by atoms with Crippen molar-refractivity contribution in [2.75, 3.05) is 31.2 Å². The van der Waals surface area contributed by atoms with Crippen LogP contribution in [-0.2, 0) is 19.6 Å². The topological polar surface area (TPSA) is 91.8 Å². The quantitative estimate of drug-likeness (QED) is 0.724. The number of nitrogens with one attached hydrogen (secondary N) is 1. The monoisotopic (exact) mass is 422 g/mol. The van der Waals surface area contributed by atoms with Crippen LogP contribution in [0.2, 0.25) is 0 Å². The molecule has 2 fully saturated rings. The van der Waals surface area contributed by atoms with Crippen molar-refractivity contribution in [2.45, 2.75) is 56.1 Å². The van der Waals surface area contributed by atoms with Gasteiger partial charge in [-0.05, 0) is 52.3 Å². The lowest BCUT2D eigenvalue weighted by Crippen LogP contribution is -2.56. The first-order chi connectivity index (χ1) is 13.5. The Morgan fingerprint density at radius 2 is 1.93 bits per heavy atom. The lowest BCUT2D eigenvalue weighted by Gasteiger charge is -2.40. The first kappa shape index (κ1) is 21.7. The molecule has 2 aliphatic rings. The van der Waals surface area contributed by atoms with Gasteiger partial charge in [-0.25, -0.2) is 13.4 Å². The molecule has 8 nitrogen and oxygen atoms in total. The van der Waals surface area contributed by atoms with Crippen LogP contribution in [0.1, 0.15) is 34.1 Å². The van der Waals surface area contributed by atoms with Crippen molar-refractivity contribution in [3.8, 4) is 0 Å². The summed E-state index contributed by atoms with van der Waals surface area (Å²) in [5, 5.41) is 2.88. The minimum Gasteiger partial charge on any atom is -0.378 e. The Morgan fingerprint density at radius 3 is 2.48 bits per heavy atom. The number of morpholine rings is 1. The van der Waals surface area contributed by atoms with Crippen LogP contribution < -0.4 is 10.2 Å². The van der Waals surface area contributed by atoms with Gasteiger partial charge >= 0.3 is 0 Å². The third kappa shape index (κ3) is 4.04. The van der Waals surface area contributed by atoms with Crippen molar-refractivity contribution in [2.24, 2.45) is 0 Å². The van der Waals surface area contributed by atoms with E-state index in [4.69, 9.17) is 4.74 Å². The predicted molar refractivity (Wildman–Crippen MR) is 111 cm³/mol. The van der Waals surface area contributed by atoms with Gasteiger partial charge in [-0.1, -0.05) is 6.58 Å². The van der Waals surface area contributed by atoms with Crippen LogP contribution in [0.4, 0.5) is 5.82 Å². The minimum atomic E-state index is -3.83. The Balaban J connectivity index is 1.90. The van der Waals surface area contributed by atoms with Gasteiger partial charge in [0.15, 0.2) is 0 Å². The average molecular weight is 423 g/mol. The van der Waals surface area contributed by atoms with E-state index in [1.807, 2.05) is 27.7 Å². The average Bonchev–Trinajstić information content (AvgIpc) is 2.86. The van der Waals surface area contributed by atoms with E-state index in [1.165, 1.54) is 16.6 Å². The summed E-state index contributed by atoms with van der Waals surface area (Å²) < 4.78 is 34.0. The summed E-state index contributed by atoms with van der Waals surface area (Å²) in [5.41, 5.74) is -1.49. The summed E-state index contributed by atoms with van der Waals surface area (Å²) >= 11 is 0. The SMILES string of the molecule is C=CC(=O)NC1CC(C)(C)N(S(=O)(=O)c2ccc(N3CCOCC3)nc2)C1(C)C. The highest BCUT2D eigenvalue weighted by Crippen LogP contribution is 2.44. The third-order valence-corrected chi connectivity index (χ3v) is 8.01.